The molecule has 1 aromatic rings. The van der Waals surface area contributed by atoms with Gasteiger partial charge in [-0.25, -0.2) is 0 Å². The molecular formula is C17H31IN4O. The van der Waals surface area contributed by atoms with Crippen molar-refractivity contribution in [3.63, 3.8) is 0 Å². The highest BCUT2D eigenvalue weighted by Crippen LogP contribution is 2.19. The van der Waals surface area contributed by atoms with E-state index in [-0.39, 0.29) is 29.5 Å². The Balaban J connectivity index is 0.00000264. The second-order valence-electron chi connectivity index (χ2n) is 6.54. The predicted octanol–water partition coefficient (Wildman–Crippen LogP) is 2.87. The van der Waals surface area contributed by atoms with E-state index in [1.807, 2.05) is 19.2 Å². The zero-order chi connectivity index (χ0) is 15.8. The first-order valence-electron chi connectivity index (χ1n) is 8.34. The third kappa shape index (κ3) is 6.71. The van der Waals surface area contributed by atoms with E-state index in [9.17, 15) is 0 Å². The molecule has 0 bridgehead atoms. The lowest BCUT2D eigenvalue weighted by Gasteiger charge is -2.41. The number of likely N-dealkylation sites (tertiary alicyclic amines) is 1. The van der Waals surface area contributed by atoms with Crippen LogP contribution in [0.3, 0.4) is 0 Å². The molecule has 23 heavy (non-hydrogen) atoms. The van der Waals surface area contributed by atoms with Crippen LogP contribution in [0.15, 0.2) is 27.8 Å². The van der Waals surface area contributed by atoms with E-state index in [0.717, 1.165) is 31.2 Å². The van der Waals surface area contributed by atoms with Gasteiger partial charge in [-0.05, 0) is 51.9 Å². The van der Waals surface area contributed by atoms with Crippen molar-refractivity contribution in [1.29, 1.82) is 0 Å². The first-order valence-corrected chi connectivity index (χ1v) is 8.34. The standard InChI is InChI=1S/C17H30N4O.HI/c1-17(2,21-11-5-4-6-12-21)14-20-16(18-3)19-10-9-15-8-7-13-22-15;/h7-8,13H,4-6,9-12,14H2,1-3H3,(H2,18,19,20);1H. The van der Waals surface area contributed by atoms with Gasteiger partial charge in [0, 0.05) is 32.1 Å². The van der Waals surface area contributed by atoms with Gasteiger partial charge in [0.25, 0.3) is 0 Å². The Hall–Kier alpha value is -0.760. The maximum absolute atomic E-state index is 5.34. The van der Waals surface area contributed by atoms with Crippen molar-refractivity contribution in [2.24, 2.45) is 4.99 Å². The molecule has 1 saturated heterocycles. The minimum absolute atomic E-state index is 0. The van der Waals surface area contributed by atoms with E-state index in [1.165, 1.54) is 32.4 Å². The Kier molecular flexibility index (Phi) is 8.98. The number of nitrogens with zero attached hydrogens (tertiary/aromatic N) is 2. The minimum Gasteiger partial charge on any atom is -0.469 e. The number of nitrogens with one attached hydrogen (secondary N) is 2. The molecule has 0 radical (unpaired) electrons. The molecule has 0 spiro atoms. The molecule has 6 heteroatoms. The Bertz CT molecular complexity index is 453. The smallest absolute Gasteiger partial charge is 0.191 e. The number of piperidine rings is 1. The zero-order valence-electron chi connectivity index (χ0n) is 14.6. The van der Waals surface area contributed by atoms with E-state index in [4.69, 9.17) is 4.42 Å². The number of aliphatic imine (C=N–C) groups is 1. The molecule has 1 aliphatic rings. The number of rotatable bonds is 6. The van der Waals surface area contributed by atoms with Gasteiger partial charge < -0.3 is 15.1 Å². The summed E-state index contributed by atoms with van der Waals surface area (Å²) in [5.41, 5.74) is 0.152. The third-order valence-electron chi connectivity index (χ3n) is 4.37. The number of hydrogen-bond acceptors (Lipinski definition) is 3. The van der Waals surface area contributed by atoms with Crippen LogP contribution in [-0.4, -0.2) is 49.6 Å². The molecule has 2 N–H and O–H groups in total. The van der Waals surface area contributed by atoms with Crippen LogP contribution in [0.2, 0.25) is 0 Å². The van der Waals surface area contributed by atoms with Gasteiger partial charge in [-0.15, -0.1) is 24.0 Å². The Morgan fingerprint density at radius 3 is 2.61 bits per heavy atom. The summed E-state index contributed by atoms with van der Waals surface area (Å²) >= 11 is 0. The molecule has 1 fully saturated rings. The lowest BCUT2D eigenvalue weighted by Crippen LogP contribution is -2.55. The predicted molar refractivity (Wildman–Crippen MR) is 107 cm³/mol. The van der Waals surface area contributed by atoms with Crippen LogP contribution in [-0.2, 0) is 6.42 Å². The quantitative estimate of drug-likeness (QED) is 0.411. The molecular weight excluding hydrogens is 403 g/mol. The van der Waals surface area contributed by atoms with Crippen LogP contribution in [0, 0.1) is 0 Å². The van der Waals surface area contributed by atoms with E-state index < -0.39 is 0 Å². The van der Waals surface area contributed by atoms with Crippen molar-refractivity contribution in [2.75, 3.05) is 33.2 Å². The highest BCUT2D eigenvalue weighted by atomic mass is 127. The van der Waals surface area contributed by atoms with Crippen molar-refractivity contribution in [1.82, 2.24) is 15.5 Å². The van der Waals surface area contributed by atoms with Gasteiger partial charge in [0.2, 0.25) is 0 Å². The van der Waals surface area contributed by atoms with E-state index >= 15 is 0 Å². The molecule has 0 amide bonds. The minimum atomic E-state index is 0. The summed E-state index contributed by atoms with van der Waals surface area (Å²) in [5, 5.41) is 6.80. The lowest BCUT2D eigenvalue weighted by atomic mass is 9.98. The SMILES string of the molecule is CN=C(NCCc1ccco1)NCC(C)(C)N1CCCCC1.I. The maximum atomic E-state index is 5.34. The number of furan rings is 1. The summed E-state index contributed by atoms with van der Waals surface area (Å²) in [4.78, 5) is 6.88. The van der Waals surface area contributed by atoms with Gasteiger partial charge in [-0.1, -0.05) is 6.42 Å². The van der Waals surface area contributed by atoms with Crippen molar-refractivity contribution < 1.29 is 4.42 Å². The van der Waals surface area contributed by atoms with Gasteiger partial charge in [0.1, 0.15) is 5.76 Å². The average Bonchev–Trinajstić information content (AvgIpc) is 3.05. The second-order valence-corrected chi connectivity index (χ2v) is 6.54. The fourth-order valence-corrected chi connectivity index (χ4v) is 2.89. The number of guanidine groups is 1. The van der Waals surface area contributed by atoms with Gasteiger partial charge in [0.15, 0.2) is 5.96 Å². The Labute approximate surface area is 157 Å². The molecule has 5 nitrogen and oxygen atoms in total. The van der Waals surface area contributed by atoms with Crippen LogP contribution in [0.25, 0.3) is 0 Å². The van der Waals surface area contributed by atoms with Gasteiger partial charge in [-0.2, -0.15) is 0 Å². The Morgan fingerprint density at radius 1 is 1.26 bits per heavy atom. The van der Waals surface area contributed by atoms with Crippen LogP contribution in [0.4, 0.5) is 0 Å². The Morgan fingerprint density at radius 2 is 2.00 bits per heavy atom. The molecule has 0 atom stereocenters. The van der Waals surface area contributed by atoms with Crippen molar-refractivity contribution >= 4 is 29.9 Å². The summed E-state index contributed by atoms with van der Waals surface area (Å²) in [6.45, 7) is 8.74. The van der Waals surface area contributed by atoms with Crippen LogP contribution in [0.1, 0.15) is 38.9 Å². The van der Waals surface area contributed by atoms with Gasteiger partial charge in [-0.3, -0.25) is 9.89 Å². The molecule has 2 rings (SSSR count). The molecule has 2 heterocycles. The number of hydrogen-bond donors (Lipinski definition) is 2. The molecule has 132 valence electrons. The largest absolute Gasteiger partial charge is 0.469 e. The highest BCUT2D eigenvalue weighted by molar-refractivity contribution is 14.0. The molecule has 0 saturated carbocycles. The normalized spacial score (nSPS) is 16.7. The summed E-state index contributed by atoms with van der Waals surface area (Å²) < 4.78 is 5.34. The highest BCUT2D eigenvalue weighted by Gasteiger charge is 2.27. The van der Waals surface area contributed by atoms with Crippen LogP contribution >= 0.6 is 24.0 Å². The van der Waals surface area contributed by atoms with Gasteiger partial charge in [0.05, 0.1) is 6.26 Å². The van der Waals surface area contributed by atoms with Crippen LogP contribution in [0.5, 0.6) is 0 Å². The van der Waals surface area contributed by atoms with Crippen LogP contribution < -0.4 is 10.6 Å². The number of halogens is 1. The third-order valence-corrected chi connectivity index (χ3v) is 4.37. The topological polar surface area (TPSA) is 52.8 Å². The lowest BCUT2D eigenvalue weighted by molar-refractivity contribution is 0.0982. The molecule has 0 aromatic carbocycles. The van der Waals surface area contributed by atoms with E-state index in [0.29, 0.717) is 0 Å². The second kappa shape index (κ2) is 10.2. The molecule has 1 aromatic heterocycles. The monoisotopic (exact) mass is 434 g/mol. The fraction of sp³-hybridized carbons (Fsp3) is 0.706. The summed E-state index contributed by atoms with van der Waals surface area (Å²) in [7, 11) is 1.82. The van der Waals surface area contributed by atoms with Crippen molar-refractivity contribution in [3.8, 4) is 0 Å². The van der Waals surface area contributed by atoms with E-state index in [2.05, 4.69) is 34.4 Å². The summed E-state index contributed by atoms with van der Waals surface area (Å²) in [6, 6.07) is 3.92. The average molecular weight is 434 g/mol. The first-order chi connectivity index (χ1) is 10.6. The van der Waals surface area contributed by atoms with Crippen molar-refractivity contribution in [2.45, 2.75) is 45.1 Å². The summed E-state index contributed by atoms with van der Waals surface area (Å²) in [5.74, 6) is 1.85. The maximum Gasteiger partial charge on any atom is 0.191 e. The fourth-order valence-electron chi connectivity index (χ4n) is 2.89. The van der Waals surface area contributed by atoms with E-state index in [1.54, 1.807) is 6.26 Å². The zero-order valence-corrected chi connectivity index (χ0v) is 16.9. The van der Waals surface area contributed by atoms with Gasteiger partial charge >= 0.3 is 0 Å². The first kappa shape index (κ1) is 20.3. The van der Waals surface area contributed by atoms with Crippen molar-refractivity contribution in [3.05, 3.63) is 24.2 Å². The summed E-state index contributed by atoms with van der Waals surface area (Å²) in [6.07, 6.45) is 6.59. The molecule has 0 unspecified atom stereocenters. The molecule has 1 aliphatic heterocycles. The molecule has 0 aliphatic carbocycles.